The topological polar surface area (TPSA) is 65.1 Å². The lowest BCUT2D eigenvalue weighted by Gasteiger charge is -2.19. The van der Waals surface area contributed by atoms with Crippen LogP contribution in [0.4, 0.5) is 0 Å². The number of methoxy groups -OCH3 is 3. The molecule has 0 aliphatic carbocycles. The van der Waals surface area contributed by atoms with Crippen molar-refractivity contribution in [3.05, 3.63) is 23.8 Å². The minimum absolute atomic E-state index is 0.144. The third-order valence-electron chi connectivity index (χ3n) is 2.86. The van der Waals surface area contributed by atoms with E-state index >= 15 is 0 Å². The summed E-state index contributed by atoms with van der Waals surface area (Å²) in [6, 6.07) is 5.07. The Morgan fingerprint density at radius 3 is 2.40 bits per heavy atom. The number of para-hydroxylation sites is 1. The van der Waals surface area contributed by atoms with Gasteiger partial charge in [-0.05, 0) is 12.1 Å². The molecule has 0 N–H and O–H groups in total. The molecule has 1 aromatic rings. The first-order valence-corrected chi connectivity index (χ1v) is 6.08. The van der Waals surface area contributed by atoms with Crippen molar-refractivity contribution in [3.8, 4) is 11.5 Å². The quantitative estimate of drug-likeness (QED) is 0.736. The van der Waals surface area contributed by atoms with Gasteiger partial charge >= 0.3 is 5.97 Å². The Bertz CT molecular complexity index is 486. The van der Waals surface area contributed by atoms with Gasteiger partial charge in [0.2, 0.25) is 0 Å². The van der Waals surface area contributed by atoms with Crippen LogP contribution in [-0.2, 0) is 9.53 Å². The molecule has 0 bridgehead atoms. The predicted molar refractivity (Wildman–Crippen MR) is 73.1 cm³/mol. The van der Waals surface area contributed by atoms with Gasteiger partial charge in [0.05, 0.1) is 33.3 Å². The smallest absolute Gasteiger partial charge is 0.307 e. The Morgan fingerprint density at radius 2 is 1.85 bits per heavy atom. The minimum Gasteiger partial charge on any atom is -0.493 e. The highest BCUT2D eigenvalue weighted by Crippen LogP contribution is 2.31. The van der Waals surface area contributed by atoms with Gasteiger partial charge in [0.25, 0.3) is 5.91 Å². The van der Waals surface area contributed by atoms with Gasteiger partial charge in [-0.1, -0.05) is 6.07 Å². The van der Waals surface area contributed by atoms with Crippen LogP contribution >= 0.6 is 0 Å². The minimum atomic E-state index is -0.359. The number of hydrogen-bond acceptors (Lipinski definition) is 5. The average Bonchev–Trinajstić information content (AvgIpc) is 2.50. The Morgan fingerprint density at radius 1 is 1.15 bits per heavy atom. The highest BCUT2D eigenvalue weighted by molar-refractivity contribution is 5.97. The highest BCUT2D eigenvalue weighted by atomic mass is 16.5. The van der Waals surface area contributed by atoms with E-state index in [1.165, 1.54) is 26.2 Å². The zero-order valence-corrected chi connectivity index (χ0v) is 12.1. The second-order valence-corrected chi connectivity index (χ2v) is 4.09. The zero-order chi connectivity index (χ0) is 15.1. The normalized spacial score (nSPS) is 9.80. The standard InChI is InChI=1S/C14H19NO5/c1-15(9-8-12(16)19-3)14(17)10-6-5-7-11(18-2)13(10)20-4/h5-7H,8-9H2,1-4H3. The van der Waals surface area contributed by atoms with Crippen LogP contribution in [0.15, 0.2) is 18.2 Å². The number of benzene rings is 1. The number of hydrogen-bond donors (Lipinski definition) is 0. The molecule has 6 heteroatoms. The number of carbonyl (C=O) groups excluding carboxylic acids is 2. The van der Waals surface area contributed by atoms with Crippen molar-refractivity contribution in [1.29, 1.82) is 0 Å². The number of rotatable bonds is 6. The van der Waals surface area contributed by atoms with E-state index < -0.39 is 0 Å². The SMILES string of the molecule is COC(=O)CCN(C)C(=O)c1cccc(OC)c1OC. The van der Waals surface area contributed by atoms with Crippen LogP contribution in [-0.4, -0.2) is 51.7 Å². The monoisotopic (exact) mass is 281 g/mol. The van der Waals surface area contributed by atoms with Crippen LogP contribution in [0, 0.1) is 0 Å². The summed E-state index contributed by atoms with van der Waals surface area (Å²) in [7, 11) is 5.91. The van der Waals surface area contributed by atoms with Crippen molar-refractivity contribution in [1.82, 2.24) is 4.90 Å². The third-order valence-corrected chi connectivity index (χ3v) is 2.86. The van der Waals surface area contributed by atoms with E-state index in [0.29, 0.717) is 17.1 Å². The Hall–Kier alpha value is -2.24. The van der Waals surface area contributed by atoms with E-state index in [2.05, 4.69) is 4.74 Å². The fourth-order valence-corrected chi connectivity index (χ4v) is 1.72. The van der Waals surface area contributed by atoms with Gasteiger partial charge in [0.1, 0.15) is 0 Å². The molecule has 1 rings (SSSR count). The number of ether oxygens (including phenoxy) is 3. The van der Waals surface area contributed by atoms with E-state index in [4.69, 9.17) is 9.47 Å². The van der Waals surface area contributed by atoms with Crippen LogP contribution in [0.5, 0.6) is 11.5 Å². The lowest BCUT2D eigenvalue weighted by molar-refractivity contribution is -0.140. The van der Waals surface area contributed by atoms with Crippen molar-refractivity contribution in [2.24, 2.45) is 0 Å². The molecule has 0 fully saturated rings. The van der Waals surface area contributed by atoms with E-state index in [0.717, 1.165) is 0 Å². The van der Waals surface area contributed by atoms with E-state index in [-0.39, 0.29) is 24.8 Å². The molecule has 0 aliphatic heterocycles. The van der Waals surface area contributed by atoms with Crippen LogP contribution < -0.4 is 9.47 Å². The van der Waals surface area contributed by atoms with Gasteiger partial charge in [-0.2, -0.15) is 0 Å². The summed E-state index contributed by atoms with van der Waals surface area (Å²) in [5.74, 6) is 0.261. The summed E-state index contributed by atoms with van der Waals surface area (Å²) in [5.41, 5.74) is 0.388. The molecule has 0 radical (unpaired) electrons. The molecular weight excluding hydrogens is 262 g/mol. The van der Waals surface area contributed by atoms with Gasteiger partial charge < -0.3 is 19.1 Å². The molecular formula is C14H19NO5. The summed E-state index contributed by atoms with van der Waals surface area (Å²) in [6.45, 7) is 0.270. The molecule has 110 valence electrons. The maximum atomic E-state index is 12.3. The molecule has 0 spiro atoms. The predicted octanol–water partition coefficient (Wildman–Crippen LogP) is 1.34. The molecule has 20 heavy (non-hydrogen) atoms. The van der Waals surface area contributed by atoms with Crippen LogP contribution in [0.3, 0.4) is 0 Å². The fraction of sp³-hybridized carbons (Fsp3) is 0.429. The van der Waals surface area contributed by atoms with Crippen molar-refractivity contribution < 1.29 is 23.8 Å². The molecule has 0 heterocycles. The van der Waals surface area contributed by atoms with Crippen molar-refractivity contribution in [3.63, 3.8) is 0 Å². The van der Waals surface area contributed by atoms with Crippen LogP contribution in [0.25, 0.3) is 0 Å². The summed E-state index contributed by atoms with van der Waals surface area (Å²) in [5, 5.41) is 0. The molecule has 0 saturated carbocycles. The summed E-state index contributed by atoms with van der Waals surface area (Å²) >= 11 is 0. The van der Waals surface area contributed by atoms with Crippen molar-refractivity contribution >= 4 is 11.9 Å². The van der Waals surface area contributed by atoms with Gasteiger partial charge in [0.15, 0.2) is 11.5 Å². The Kier molecular flexibility index (Phi) is 5.83. The number of amides is 1. The first-order chi connectivity index (χ1) is 9.54. The molecule has 6 nitrogen and oxygen atoms in total. The molecule has 0 saturated heterocycles. The summed E-state index contributed by atoms with van der Waals surface area (Å²) < 4.78 is 14.9. The molecule has 1 aromatic carbocycles. The first kappa shape index (κ1) is 15.8. The van der Waals surface area contributed by atoms with Crippen LogP contribution in [0.1, 0.15) is 16.8 Å². The summed E-state index contributed by atoms with van der Waals surface area (Å²) in [6.07, 6.45) is 0.144. The summed E-state index contributed by atoms with van der Waals surface area (Å²) in [4.78, 5) is 24.9. The third kappa shape index (κ3) is 3.63. The van der Waals surface area contributed by atoms with E-state index in [1.807, 2.05) is 0 Å². The van der Waals surface area contributed by atoms with Gasteiger partial charge in [-0.25, -0.2) is 0 Å². The van der Waals surface area contributed by atoms with Crippen molar-refractivity contribution in [2.45, 2.75) is 6.42 Å². The highest BCUT2D eigenvalue weighted by Gasteiger charge is 2.20. The molecule has 0 aromatic heterocycles. The average molecular weight is 281 g/mol. The second-order valence-electron chi connectivity index (χ2n) is 4.09. The number of esters is 1. The molecule has 0 aliphatic rings. The Balaban J connectivity index is 2.88. The van der Waals surface area contributed by atoms with E-state index in [9.17, 15) is 9.59 Å². The molecule has 0 atom stereocenters. The lowest BCUT2D eigenvalue weighted by Crippen LogP contribution is -2.29. The number of carbonyl (C=O) groups is 2. The first-order valence-electron chi connectivity index (χ1n) is 6.08. The largest absolute Gasteiger partial charge is 0.493 e. The van der Waals surface area contributed by atoms with Crippen molar-refractivity contribution in [2.75, 3.05) is 34.9 Å². The second kappa shape index (κ2) is 7.37. The van der Waals surface area contributed by atoms with Gasteiger partial charge in [-0.15, -0.1) is 0 Å². The fourth-order valence-electron chi connectivity index (χ4n) is 1.72. The lowest BCUT2D eigenvalue weighted by atomic mass is 10.1. The Labute approximate surface area is 118 Å². The molecule has 0 unspecified atom stereocenters. The molecule has 1 amide bonds. The zero-order valence-electron chi connectivity index (χ0n) is 12.1. The van der Waals surface area contributed by atoms with Crippen LogP contribution in [0.2, 0.25) is 0 Å². The van der Waals surface area contributed by atoms with Gasteiger partial charge in [-0.3, -0.25) is 9.59 Å². The maximum absolute atomic E-state index is 12.3. The number of nitrogens with zero attached hydrogens (tertiary/aromatic N) is 1. The van der Waals surface area contributed by atoms with E-state index in [1.54, 1.807) is 25.2 Å². The maximum Gasteiger partial charge on any atom is 0.307 e. The van der Waals surface area contributed by atoms with Gasteiger partial charge in [0, 0.05) is 13.6 Å².